The molecule has 0 saturated carbocycles. The summed E-state index contributed by atoms with van der Waals surface area (Å²) in [6, 6.07) is 0. The van der Waals surface area contributed by atoms with Gasteiger partial charge in [-0.05, 0) is 20.8 Å². The van der Waals surface area contributed by atoms with Crippen LogP contribution >= 0.6 is 0 Å². The molecule has 5 heteroatoms. The molecule has 0 aromatic heterocycles. The second kappa shape index (κ2) is 4.13. The summed E-state index contributed by atoms with van der Waals surface area (Å²) in [6.07, 6.45) is -0.562. The summed E-state index contributed by atoms with van der Waals surface area (Å²) in [5.41, 5.74) is 0.0925. The van der Waals surface area contributed by atoms with Gasteiger partial charge in [-0.1, -0.05) is 0 Å². The molecule has 0 aromatic rings. The number of hydrogen-bond donors (Lipinski definition) is 1. The predicted molar refractivity (Wildman–Crippen MR) is 48.0 cm³/mol. The Morgan fingerprint density at radius 3 is 2.86 bits per heavy atom. The lowest BCUT2D eigenvalue weighted by atomic mass is 10.2. The molecule has 78 valence electrons. The molecule has 1 N–H and O–H groups in total. The van der Waals surface area contributed by atoms with Crippen molar-refractivity contribution < 1.29 is 19.1 Å². The standard InChI is InChI=1S/C9H13NO4/c1-4-13-9(12)7-5(2)14-6(3)8(11)10-7/h6H,4H2,1-3H3,(H,10,11). The topological polar surface area (TPSA) is 64.6 Å². The summed E-state index contributed by atoms with van der Waals surface area (Å²) in [5, 5.41) is 2.44. The maximum atomic E-state index is 11.3. The molecule has 0 aromatic carbocycles. The number of allylic oxidation sites excluding steroid dienone is 1. The van der Waals surface area contributed by atoms with E-state index in [1.807, 2.05) is 0 Å². The molecule has 1 aliphatic rings. The summed E-state index contributed by atoms with van der Waals surface area (Å²) in [5.74, 6) is -0.514. The molecular formula is C9H13NO4. The van der Waals surface area contributed by atoms with Crippen molar-refractivity contribution in [1.82, 2.24) is 5.32 Å². The molecule has 1 amide bonds. The Morgan fingerprint density at radius 1 is 1.64 bits per heavy atom. The molecule has 1 atom stereocenters. The minimum absolute atomic E-state index is 0.0925. The lowest BCUT2D eigenvalue weighted by molar-refractivity contribution is -0.143. The van der Waals surface area contributed by atoms with Gasteiger partial charge in [0.25, 0.3) is 5.91 Å². The van der Waals surface area contributed by atoms with Crippen LogP contribution in [0.25, 0.3) is 0 Å². The number of ether oxygens (including phenoxy) is 2. The zero-order valence-corrected chi connectivity index (χ0v) is 8.42. The molecular weight excluding hydrogens is 186 g/mol. The Hall–Kier alpha value is -1.52. The largest absolute Gasteiger partial charge is 0.483 e. The lowest BCUT2D eigenvalue weighted by Crippen LogP contribution is -2.41. The van der Waals surface area contributed by atoms with Crippen molar-refractivity contribution >= 4 is 11.9 Å². The fourth-order valence-electron chi connectivity index (χ4n) is 1.09. The van der Waals surface area contributed by atoms with Gasteiger partial charge in [0.05, 0.1) is 6.61 Å². The van der Waals surface area contributed by atoms with Crippen LogP contribution in [0.15, 0.2) is 11.5 Å². The van der Waals surface area contributed by atoms with E-state index in [9.17, 15) is 9.59 Å². The first-order valence-corrected chi connectivity index (χ1v) is 4.41. The van der Waals surface area contributed by atoms with Gasteiger partial charge in [0, 0.05) is 0 Å². The van der Waals surface area contributed by atoms with Crippen LogP contribution in [-0.4, -0.2) is 24.6 Å². The minimum Gasteiger partial charge on any atom is -0.483 e. The van der Waals surface area contributed by atoms with Crippen LogP contribution in [0.5, 0.6) is 0 Å². The van der Waals surface area contributed by atoms with Crippen molar-refractivity contribution in [2.75, 3.05) is 6.61 Å². The number of hydrogen-bond acceptors (Lipinski definition) is 4. The Bertz CT molecular complexity index is 295. The summed E-state index contributed by atoms with van der Waals surface area (Å²) < 4.78 is 9.89. The lowest BCUT2D eigenvalue weighted by Gasteiger charge is -2.23. The van der Waals surface area contributed by atoms with Gasteiger partial charge < -0.3 is 14.8 Å². The molecule has 0 fully saturated rings. The highest BCUT2D eigenvalue weighted by atomic mass is 16.5. The van der Waals surface area contributed by atoms with Gasteiger partial charge in [-0.25, -0.2) is 4.79 Å². The summed E-state index contributed by atoms with van der Waals surface area (Å²) >= 11 is 0. The van der Waals surface area contributed by atoms with E-state index >= 15 is 0 Å². The van der Waals surface area contributed by atoms with Gasteiger partial charge in [-0.3, -0.25) is 4.79 Å². The maximum Gasteiger partial charge on any atom is 0.358 e. The molecule has 0 saturated heterocycles. The number of nitrogens with one attached hydrogen (secondary N) is 1. The van der Waals surface area contributed by atoms with E-state index in [4.69, 9.17) is 9.47 Å². The zero-order chi connectivity index (χ0) is 10.7. The highest BCUT2D eigenvalue weighted by molar-refractivity contribution is 5.96. The quantitative estimate of drug-likeness (QED) is 0.650. The van der Waals surface area contributed by atoms with E-state index in [2.05, 4.69) is 5.32 Å². The van der Waals surface area contributed by atoms with Crippen LogP contribution in [0, 0.1) is 0 Å². The van der Waals surface area contributed by atoms with Crippen LogP contribution in [-0.2, 0) is 19.1 Å². The second-order valence-corrected chi connectivity index (χ2v) is 2.90. The first kappa shape index (κ1) is 10.6. The molecule has 0 bridgehead atoms. The van der Waals surface area contributed by atoms with Gasteiger partial charge in [0.15, 0.2) is 11.8 Å². The average molecular weight is 199 g/mol. The van der Waals surface area contributed by atoms with Crippen LogP contribution in [0.1, 0.15) is 20.8 Å². The molecule has 5 nitrogen and oxygen atoms in total. The van der Waals surface area contributed by atoms with Crippen molar-refractivity contribution in [3.05, 3.63) is 11.5 Å². The third-order valence-corrected chi connectivity index (χ3v) is 1.80. The fraction of sp³-hybridized carbons (Fsp3) is 0.556. The number of esters is 1. The van der Waals surface area contributed by atoms with Crippen LogP contribution in [0.3, 0.4) is 0 Å². The molecule has 1 aliphatic heterocycles. The van der Waals surface area contributed by atoms with Gasteiger partial charge in [0.1, 0.15) is 5.76 Å². The van der Waals surface area contributed by atoms with E-state index in [-0.39, 0.29) is 18.2 Å². The fourth-order valence-corrected chi connectivity index (χ4v) is 1.09. The van der Waals surface area contributed by atoms with Crippen LogP contribution < -0.4 is 5.32 Å². The van der Waals surface area contributed by atoms with E-state index in [1.54, 1.807) is 20.8 Å². The summed E-state index contributed by atoms with van der Waals surface area (Å²) in [6.45, 7) is 5.19. The third kappa shape index (κ3) is 2.04. The van der Waals surface area contributed by atoms with Crippen molar-refractivity contribution in [3.63, 3.8) is 0 Å². The van der Waals surface area contributed by atoms with Crippen molar-refractivity contribution in [2.45, 2.75) is 26.9 Å². The van der Waals surface area contributed by atoms with Crippen LogP contribution in [0.2, 0.25) is 0 Å². The number of carbonyl (C=O) groups excluding carboxylic acids is 2. The summed E-state index contributed by atoms with van der Waals surface area (Å²) in [7, 11) is 0. The second-order valence-electron chi connectivity index (χ2n) is 2.90. The van der Waals surface area contributed by atoms with Gasteiger partial charge in [-0.2, -0.15) is 0 Å². The molecule has 0 spiro atoms. The van der Waals surface area contributed by atoms with Crippen LogP contribution in [0.4, 0.5) is 0 Å². The molecule has 1 heterocycles. The molecule has 14 heavy (non-hydrogen) atoms. The molecule has 0 aliphatic carbocycles. The van der Waals surface area contributed by atoms with E-state index in [0.29, 0.717) is 5.76 Å². The van der Waals surface area contributed by atoms with E-state index in [1.165, 1.54) is 0 Å². The highest BCUT2D eigenvalue weighted by Gasteiger charge is 2.28. The molecule has 0 radical (unpaired) electrons. The highest BCUT2D eigenvalue weighted by Crippen LogP contribution is 2.13. The zero-order valence-electron chi connectivity index (χ0n) is 8.42. The average Bonchev–Trinajstić information content (AvgIpc) is 2.11. The van der Waals surface area contributed by atoms with Gasteiger partial charge in [0.2, 0.25) is 0 Å². The first-order valence-electron chi connectivity index (χ1n) is 4.41. The Labute approximate surface area is 82.1 Å². The minimum atomic E-state index is -0.565. The molecule has 1 unspecified atom stereocenters. The van der Waals surface area contributed by atoms with Crippen molar-refractivity contribution in [3.8, 4) is 0 Å². The van der Waals surface area contributed by atoms with Crippen molar-refractivity contribution in [2.24, 2.45) is 0 Å². The SMILES string of the molecule is CCOC(=O)C1=C(C)OC(C)C(=O)N1. The number of carbonyl (C=O) groups is 2. The molecule has 1 rings (SSSR count). The predicted octanol–water partition coefficient (Wildman–Crippen LogP) is 0.316. The Balaban J connectivity index is 2.82. The van der Waals surface area contributed by atoms with E-state index < -0.39 is 12.1 Å². The maximum absolute atomic E-state index is 11.3. The Kier molecular flexibility index (Phi) is 3.11. The number of rotatable bonds is 2. The first-order chi connectivity index (χ1) is 6.56. The van der Waals surface area contributed by atoms with Gasteiger partial charge >= 0.3 is 5.97 Å². The Morgan fingerprint density at radius 2 is 2.29 bits per heavy atom. The van der Waals surface area contributed by atoms with E-state index in [0.717, 1.165) is 0 Å². The third-order valence-electron chi connectivity index (χ3n) is 1.80. The smallest absolute Gasteiger partial charge is 0.358 e. The summed E-state index contributed by atoms with van der Waals surface area (Å²) in [4.78, 5) is 22.5. The normalized spacial score (nSPS) is 21.4. The van der Waals surface area contributed by atoms with Gasteiger partial charge in [-0.15, -0.1) is 0 Å². The van der Waals surface area contributed by atoms with Crippen molar-refractivity contribution in [1.29, 1.82) is 0 Å². The number of amides is 1. The monoisotopic (exact) mass is 199 g/mol.